The summed E-state index contributed by atoms with van der Waals surface area (Å²) in [4.78, 5) is 12.1. The summed E-state index contributed by atoms with van der Waals surface area (Å²) in [5.74, 6) is -0.0116. The van der Waals surface area contributed by atoms with Crippen LogP contribution in [0.15, 0.2) is 24.3 Å². The van der Waals surface area contributed by atoms with Gasteiger partial charge in [0.05, 0.1) is 24.8 Å². The highest BCUT2D eigenvalue weighted by Crippen LogP contribution is 2.18. The lowest BCUT2D eigenvalue weighted by Crippen LogP contribution is -2.25. The second-order valence-electron chi connectivity index (χ2n) is 6.01. The van der Waals surface area contributed by atoms with Gasteiger partial charge >= 0.3 is 0 Å². The van der Waals surface area contributed by atoms with Crippen molar-refractivity contribution in [3.05, 3.63) is 41.3 Å². The van der Waals surface area contributed by atoms with Crippen molar-refractivity contribution in [2.75, 3.05) is 11.9 Å². The highest BCUT2D eigenvalue weighted by atomic mass is 19.1. The van der Waals surface area contributed by atoms with Gasteiger partial charge in [-0.15, -0.1) is 5.10 Å². The smallest absolute Gasteiger partial charge is 0.228 e. The second-order valence-corrected chi connectivity index (χ2v) is 6.01. The first kappa shape index (κ1) is 16.6. The fraction of sp³-hybridized carbons (Fsp3) is 0.471. The van der Waals surface area contributed by atoms with Gasteiger partial charge in [0.1, 0.15) is 5.82 Å². The molecule has 1 aromatic carbocycles. The number of carbonyl (C=O) groups is 1. The van der Waals surface area contributed by atoms with Gasteiger partial charge in [-0.1, -0.05) is 23.4 Å². The van der Waals surface area contributed by atoms with Crippen molar-refractivity contribution >= 4 is 11.7 Å². The van der Waals surface area contributed by atoms with E-state index in [1.165, 1.54) is 6.07 Å². The molecule has 128 valence electrons. The summed E-state index contributed by atoms with van der Waals surface area (Å²) in [5.41, 5.74) is 1.22. The molecule has 1 amide bonds. The molecule has 3 rings (SSSR count). The molecular weight excluding hydrogens is 311 g/mol. The van der Waals surface area contributed by atoms with Crippen LogP contribution in [0.4, 0.5) is 10.2 Å². The van der Waals surface area contributed by atoms with Crippen molar-refractivity contribution in [2.24, 2.45) is 0 Å². The van der Waals surface area contributed by atoms with E-state index in [4.69, 9.17) is 4.74 Å². The lowest BCUT2D eigenvalue weighted by atomic mass is 10.1. The molecule has 0 aliphatic carbocycles. The Labute approximate surface area is 140 Å². The molecule has 0 radical (unpaired) electrons. The maximum Gasteiger partial charge on any atom is 0.228 e. The number of benzene rings is 1. The summed E-state index contributed by atoms with van der Waals surface area (Å²) in [7, 11) is 0. The third kappa shape index (κ3) is 3.97. The molecule has 1 N–H and O–H groups in total. The Balaban J connectivity index is 1.62. The molecule has 0 saturated carbocycles. The van der Waals surface area contributed by atoms with Gasteiger partial charge in [-0.25, -0.2) is 9.07 Å². The third-order valence-electron chi connectivity index (χ3n) is 4.21. The normalized spacial score (nSPS) is 17.7. The van der Waals surface area contributed by atoms with E-state index >= 15 is 0 Å². The van der Waals surface area contributed by atoms with Crippen LogP contribution in [-0.4, -0.2) is 33.6 Å². The Morgan fingerprint density at radius 1 is 1.42 bits per heavy atom. The number of hydrogen-bond acceptors (Lipinski definition) is 4. The molecular formula is C17H21FN4O2. The van der Waals surface area contributed by atoms with E-state index in [9.17, 15) is 9.18 Å². The molecule has 0 unspecified atom stereocenters. The number of rotatable bonds is 5. The molecule has 24 heavy (non-hydrogen) atoms. The second kappa shape index (κ2) is 7.53. The van der Waals surface area contributed by atoms with Gasteiger partial charge in [-0.3, -0.25) is 4.79 Å². The molecule has 1 aromatic heterocycles. The van der Waals surface area contributed by atoms with Crippen LogP contribution in [0, 0.1) is 12.7 Å². The molecule has 1 aliphatic heterocycles. The average Bonchev–Trinajstić information content (AvgIpc) is 2.91. The van der Waals surface area contributed by atoms with Gasteiger partial charge in [-0.2, -0.15) is 0 Å². The Bertz CT molecular complexity index is 710. The number of nitrogens with one attached hydrogen (secondary N) is 1. The van der Waals surface area contributed by atoms with E-state index in [-0.39, 0.29) is 24.4 Å². The van der Waals surface area contributed by atoms with Crippen LogP contribution < -0.4 is 5.32 Å². The number of carbonyl (C=O) groups excluding carboxylic acids is 1. The Kier molecular flexibility index (Phi) is 5.20. The topological polar surface area (TPSA) is 69.0 Å². The van der Waals surface area contributed by atoms with Gasteiger partial charge in [0, 0.05) is 12.2 Å². The molecule has 1 aliphatic rings. The predicted octanol–water partition coefficient (Wildman–Crippen LogP) is 2.67. The van der Waals surface area contributed by atoms with E-state index in [1.54, 1.807) is 29.8 Å². The van der Waals surface area contributed by atoms with Crippen LogP contribution >= 0.6 is 0 Å². The van der Waals surface area contributed by atoms with Crippen molar-refractivity contribution in [2.45, 2.75) is 45.3 Å². The molecule has 2 aromatic rings. The van der Waals surface area contributed by atoms with Crippen LogP contribution in [-0.2, 0) is 16.1 Å². The molecule has 7 heteroatoms. The van der Waals surface area contributed by atoms with E-state index in [2.05, 4.69) is 15.6 Å². The summed E-state index contributed by atoms with van der Waals surface area (Å²) in [6.45, 7) is 2.79. The number of hydrogen-bond donors (Lipinski definition) is 1. The van der Waals surface area contributed by atoms with Crippen molar-refractivity contribution in [1.82, 2.24) is 15.0 Å². The quantitative estimate of drug-likeness (QED) is 0.914. The lowest BCUT2D eigenvalue weighted by Gasteiger charge is -2.21. The van der Waals surface area contributed by atoms with Crippen molar-refractivity contribution < 1.29 is 13.9 Å². The first-order valence-corrected chi connectivity index (χ1v) is 8.18. The molecule has 6 nitrogen and oxygen atoms in total. The summed E-state index contributed by atoms with van der Waals surface area (Å²) >= 11 is 0. The molecule has 2 heterocycles. The molecule has 1 atom stereocenters. The zero-order valence-corrected chi connectivity index (χ0v) is 13.7. The zero-order valence-electron chi connectivity index (χ0n) is 13.7. The summed E-state index contributed by atoms with van der Waals surface area (Å²) in [6.07, 6.45) is 3.36. The van der Waals surface area contributed by atoms with Crippen molar-refractivity contribution in [3.63, 3.8) is 0 Å². The molecule has 0 bridgehead atoms. The number of ether oxygens (including phenoxy) is 1. The first-order chi connectivity index (χ1) is 11.6. The molecule has 1 fully saturated rings. The fourth-order valence-corrected chi connectivity index (χ4v) is 2.77. The van der Waals surface area contributed by atoms with Crippen molar-refractivity contribution in [1.29, 1.82) is 0 Å². The van der Waals surface area contributed by atoms with Gasteiger partial charge in [0.25, 0.3) is 0 Å². The Morgan fingerprint density at radius 2 is 2.25 bits per heavy atom. The largest absolute Gasteiger partial charge is 0.378 e. The fourth-order valence-electron chi connectivity index (χ4n) is 2.77. The summed E-state index contributed by atoms with van der Waals surface area (Å²) < 4.78 is 20.9. The highest BCUT2D eigenvalue weighted by molar-refractivity contribution is 5.90. The van der Waals surface area contributed by atoms with Gasteiger partial charge in [-0.05, 0) is 32.3 Å². The summed E-state index contributed by atoms with van der Waals surface area (Å²) in [5, 5.41) is 10.8. The first-order valence-electron chi connectivity index (χ1n) is 8.18. The van der Waals surface area contributed by atoms with Crippen molar-refractivity contribution in [3.8, 4) is 0 Å². The number of aromatic nitrogens is 3. The van der Waals surface area contributed by atoms with E-state index in [0.717, 1.165) is 25.9 Å². The lowest BCUT2D eigenvalue weighted by molar-refractivity contribution is -0.119. The number of anilines is 1. The van der Waals surface area contributed by atoms with Crippen LogP contribution in [0.3, 0.4) is 0 Å². The minimum atomic E-state index is -0.285. The minimum absolute atomic E-state index is 0.0208. The number of nitrogens with zero attached hydrogens (tertiary/aromatic N) is 3. The Morgan fingerprint density at radius 3 is 3.00 bits per heavy atom. The van der Waals surface area contributed by atoms with Crippen LogP contribution in [0.25, 0.3) is 0 Å². The van der Waals surface area contributed by atoms with E-state index in [0.29, 0.717) is 23.5 Å². The number of amides is 1. The van der Waals surface area contributed by atoms with Gasteiger partial charge in [0.2, 0.25) is 5.91 Å². The summed E-state index contributed by atoms with van der Waals surface area (Å²) in [6, 6.07) is 6.53. The van der Waals surface area contributed by atoms with Crippen LogP contribution in [0.2, 0.25) is 0 Å². The minimum Gasteiger partial charge on any atom is -0.378 e. The average molecular weight is 332 g/mol. The van der Waals surface area contributed by atoms with E-state index in [1.807, 2.05) is 0 Å². The zero-order chi connectivity index (χ0) is 16.9. The highest BCUT2D eigenvalue weighted by Gasteiger charge is 2.19. The third-order valence-corrected chi connectivity index (χ3v) is 4.21. The van der Waals surface area contributed by atoms with E-state index < -0.39 is 0 Å². The monoisotopic (exact) mass is 332 g/mol. The van der Waals surface area contributed by atoms with Crippen LogP contribution in [0.1, 0.15) is 36.9 Å². The number of halogens is 1. The maximum atomic E-state index is 13.7. The SMILES string of the molecule is Cc1c(NC(=O)C[C@H]2CCCCO2)nnn1Cc1ccccc1F. The van der Waals surface area contributed by atoms with Crippen LogP contribution in [0.5, 0.6) is 0 Å². The Hall–Kier alpha value is -2.28. The van der Waals surface area contributed by atoms with Gasteiger partial charge in [0.15, 0.2) is 5.82 Å². The van der Waals surface area contributed by atoms with Gasteiger partial charge < -0.3 is 10.1 Å². The molecule has 1 saturated heterocycles. The molecule has 0 spiro atoms. The maximum absolute atomic E-state index is 13.7. The standard InChI is InChI=1S/C17H21FN4O2/c1-12-17(19-16(23)10-14-7-4-5-9-24-14)20-21-22(12)11-13-6-2-3-8-15(13)18/h2-3,6,8,14H,4-5,7,9-11H2,1H3,(H,19,23)/t14-/m1/s1. The predicted molar refractivity (Wildman–Crippen MR) is 87.1 cm³/mol.